The maximum atomic E-state index is 10.4. The molecule has 54 valence electrons. The molecule has 2 atom stereocenters. The van der Waals surface area contributed by atoms with Gasteiger partial charge in [0.05, 0.1) is 12.1 Å². The van der Waals surface area contributed by atoms with Crippen molar-refractivity contribution in [1.82, 2.24) is 5.32 Å². The fraction of sp³-hybridized carbons (Fsp3) is 0.800. The maximum absolute atomic E-state index is 10.4. The van der Waals surface area contributed by atoms with E-state index in [4.69, 9.17) is 11.5 Å². The van der Waals surface area contributed by atoms with Gasteiger partial charge in [0, 0.05) is 0 Å². The highest BCUT2D eigenvalue weighted by atomic mass is 16.1. The summed E-state index contributed by atoms with van der Waals surface area (Å²) in [6, 6.07) is 0. The van der Waals surface area contributed by atoms with Gasteiger partial charge in [0.1, 0.15) is 0 Å². The zero-order valence-electron chi connectivity index (χ0n) is 5.72. The fourth-order valence-corrected chi connectivity index (χ4v) is 0.427. The molecule has 1 amide bonds. The first-order valence-electron chi connectivity index (χ1n) is 2.81. The standard InChI is InChI=1S/C5H13N3O/c1-3(5(7)9)4(6)8-2/h3-4,8H,6H2,1-2H3,(H2,7,9). The van der Waals surface area contributed by atoms with Crippen molar-refractivity contribution in [3.8, 4) is 0 Å². The van der Waals surface area contributed by atoms with Gasteiger partial charge in [0.2, 0.25) is 5.91 Å². The second kappa shape index (κ2) is 3.42. The van der Waals surface area contributed by atoms with Crippen molar-refractivity contribution in [3.05, 3.63) is 0 Å². The van der Waals surface area contributed by atoms with E-state index < -0.39 is 0 Å². The lowest BCUT2D eigenvalue weighted by Gasteiger charge is -2.14. The van der Waals surface area contributed by atoms with E-state index in [0.29, 0.717) is 0 Å². The van der Waals surface area contributed by atoms with Gasteiger partial charge in [-0.05, 0) is 7.05 Å². The molecule has 5 N–H and O–H groups in total. The van der Waals surface area contributed by atoms with Gasteiger partial charge in [-0.2, -0.15) is 0 Å². The zero-order valence-corrected chi connectivity index (χ0v) is 5.72. The Bertz CT molecular complexity index is 104. The summed E-state index contributed by atoms with van der Waals surface area (Å²) >= 11 is 0. The molecule has 0 aromatic carbocycles. The number of hydrogen-bond donors (Lipinski definition) is 3. The average Bonchev–Trinajstić information content (AvgIpc) is 1.84. The molecule has 4 heteroatoms. The van der Waals surface area contributed by atoms with E-state index in [-0.39, 0.29) is 18.0 Å². The van der Waals surface area contributed by atoms with Crippen molar-refractivity contribution in [1.29, 1.82) is 0 Å². The quantitative estimate of drug-likeness (QED) is 0.412. The Kier molecular flexibility index (Phi) is 3.19. The van der Waals surface area contributed by atoms with Gasteiger partial charge in [-0.25, -0.2) is 0 Å². The van der Waals surface area contributed by atoms with Crippen LogP contribution in [-0.2, 0) is 4.79 Å². The number of hydrogen-bond acceptors (Lipinski definition) is 3. The van der Waals surface area contributed by atoms with Gasteiger partial charge in [-0.1, -0.05) is 6.92 Å². The Morgan fingerprint density at radius 1 is 1.67 bits per heavy atom. The molecule has 0 fully saturated rings. The summed E-state index contributed by atoms with van der Waals surface area (Å²) in [5.74, 6) is -0.688. The van der Waals surface area contributed by atoms with Crippen LogP contribution in [0.1, 0.15) is 6.92 Å². The molecule has 0 aliphatic carbocycles. The third-order valence-corrected chi connectivity index (χ3v) is 1.32. The molecule has 0 aliphatic heterocycles. The molecule has 0 aliphatic rings. The molecular weight excluding hydrogens is 118 g/mol. The Balaban J connectivity index is 3.72. The average molecular weight is 131 g/mol. The van der Waals surface area contributed by atoms with Crippen LogP contribution in [0.5, 0.6) is 0 Å². The van der Waals surface area contributed by atoms with Crippen molar-refractivity contribution in [2.24, 2.45) is 17.4 Å². The lowest BCUT2D eigenvalue weighted by atomic mass is 10.1. The van der Waals surface area contributed by atoms with Crippen LogP contribution >= 0.6 is 0 Å². The molecular formula is C5H13N3O. The molecule has 0 spiro atoms. The number of primary amides is 1. The molecule has 4 nitrogen and oxygen atoms in total. The molecule has 0 saturated heterocycles. The first-order chi connectivity index (χ1) is 4.09. The molecule has 9 heavy (non-hydrogen) atoms. The van der Waals surface area contributed by atoms with E-state index in [9.17, 15) is 4.79 Å². The molecule has 0 saturated carbocycles. The summed E-state index contributed by atoms with van der Waals surface area (Å²) in [5, 5.41) is 2.72. The number of nitrogens with two attached hydrogens (primary N) is 2. The molecule has 0 radical (unpaired) electrons. The fourth-order valence-electron chi connectivity index (χ4n) is 0.427. The largest absolute Gasteiger partial charge is 0.369 e. The summed E-state index contributed by atoms with van der Waals surface area (Å²) in [4.78, 5) is 10.4. The van der Waals surface area contributed by atoms with Crippen LogP contribution in [0.4, 0.5) is 0 Å². The minimum absolute atomic E-state index is 0.310. The Labute approximate surface area is 54.6 Å². The van der Waals surface area contributed by atoms with Crippen LogP contribution in [0.2, 0.25) is 0 Å². The van der Waals surface area contributed by atoms with Crippen molar-refractivity contribution in [3.63, 3.8) is 0 Å². The smallest absolute Gasteiger partial charge is 0.223 e. The minimum Gasteiger partial charge on any atom is -0.369 e. The van der Waals surface area contributed by atoms with Crippen molar-refractivity contribution >= 4 is 5.91 Å². The van der Waals surface area contributed by atoms with Crippen LogP contribution in [0.15, 0.2) is 0 Å². The number of nitrogens with one attached hydrogen (secondary N) is 1. The first kappa shape index (κ1) is 8.39. The zero-order chi connectivity index (χ0) is 7.44. The van der Waals surface area contributed by atoms with E-state index in [1.165, 1.54) is 0 Å². The third-order valence-electron chi connectivity index (χ3n) is 1.32. The highest BCUT2D eigenvalue weighted by molar-refractivity contribution is 5.76. The third kappa shape index (κ3) is 2.43. The molecule has 0 aromatic rings. The second-order valence-electron chi connectivity index (χ2n) is 2.01. The maximum Gasteiger partial charge on any atom is 0.223 e. The normalized spacial score (nSPS) is 16.8. The van der Waals surface area contributed by atoms with E-state index in [1.807, 2.05) is 0 Å². The van der Waals surface area contributed by atoms with Crippen molar-refractivity contribution in [2.75, 3.05) is 7.05 Å². The second-order valence-corrected chi connectivity index (χ2v) is 2.01. The monoisotopic (exact) mass is 131 g/mol. The predicted molar refractivity (Wildman–Crippen MR) is 35.4 cm³/mol. The Morgan fingerprint density at radius 2 is 2.11 bits per heavy atom. The van der Waals surface area contributed by atoms with Crippen LogP contribution in [0.25, 0.3) is 0 Å². The Hall–Kier alpha value is -0.610. The van der Waals surface area contributed by atoms with Gasteiger partial charge in [-0.15, -0.1) is 0 Å². The molecule has 0 bridgehead atoms. The van der Waals surface area contributed by atoms with E-state index >= 15 is 0 Å². The topological polar surface area (TPSA) is 81.1 Å². The van der Waals surface area contributed by atoms with Gasteiger partial charge in [0.25, 0.3) is 0 Å². The van der Waals surface area contributed by atoms with Crippen LogP contribution in [0, 0.1) is 5.92 Å². The summed E-state index contributed by atoms with van der Waals surface area (Å²) in [7, 11) is 1.68. The number of amides is 1. The van der Waals surface area contributed by atoms with Crippen LogP contribution < -0.4 is 16.8 Å². The van der Waals surface area contributed by atoms with E-state index in [0.717, 1.165) is 0 Å². The number of rotatable bonds is 3. The summed E-state index contributed by atoms with van der Waals surface area (Å²) in [6.07, 6.45) is -0.331. The molecule has 0 aromatic heterocycles. The number of carbonyl (C=O) groups excluding carboxylic acids is 1. The molecule has 0 heterocycles. The van der Waals surface area contributed by atoms with E-state index in [2.05, 4.69) is 5.32 Å². The number of carbonyl (C=O) groups is 1. The summed E-state index contributed by atoms with van der Waals surface area (Å²) in [6.45, 7) is 1.68. The Morgan fingerprint density at radius 3 is 2.22 bits per heavy atom. The van der Waals surface area contributed by atoms with Crippen LogP contribution in [-0.4, -0.2) is 19.1 Å². The lowest BCUT2D eigenvalue weighted by molar-refractivity contribution is -0.122. The SMILES string of the molecule is CNC(N)C(C)C(N)=O. The van der Waals surface area contributed by atoms with Gasteiger partial charge >= 0.3 is 0 Å². The first-order valence-corrected chi connectivity index (χ1v) is 2.81. The van der Waals surface area contributed by atoms with Crippen LogP contribution in [0.3, 0.4) is 0 Å². The molecule has 2 unspecified atom stereocenters. The predicted octanol–water partition coefficient (Wildman–Crippen LogP) is -1.39. The lowest BCUT2D eigenvalue weighted by Crippen LogP contribution is -2.45. The highest BCUT2D eigenvalue weighted by Crippen LogP contribution is 1.93. The van der Waals surface area contributed by atoms with E-state index in [1.54, 1.807) is 14.0 Å². The van der Waals surface area contributed by atoms with Crippen molar-refractivity contribution in [2.45, 2.75) is 13.1 Å². The van der Waals surface area contributed by atoms with Gasteiger partial charge in [-0.3, -0.25) is 4.79 Å². The summed E-state index contributed by atoms with van der Waals surface area (Å²) < 4.78 is 0. The van der Waals surface area contributed by atoms with Gasteiger partial charge < -0.3 is 16.8 Å². The van der Waals surface area contributed by atoms with Crippen molar-refractivity contribution < 1.29 is 4.79 Å². The summed E-state index contributed by atoms with van der Waals surface area (Å²) in [5.41, 5.74) is 10.4. The minimum atomic E-state index is -0.378. The highest BCUT2D eigenvalue weighted by Gasteiger charge is 2.14. The van der Waals surface area contributed by atoms with Gasteiger partial charge in [0.15, 0.2) is 0 Å². The molecule has 0 rings (SSSR count).